The van der Waals surface area contributed by atoms with Gasteiger partial charge in [0.15, 0.2) is 5.71 Å². The van der Waals surface area contributed by atoms with E-state index in [4.69, 9.17) is 5.73 Å². The molecule has 120 valence electrons. The molecule has 0 amide bonds. The monoisotopic (exact) mass is 531 g/mol. The Morgan fingerprint density at radius 2 is 1.57 bits per heavy atom. The van der Waals surface area contributed by atoms with E-state index < -0.39 is 0 Å². The van der Waals surface area contributed by atoms with Crippen LogP contribution in [0.5, 0.6) is 0 Å². The summed E-state index contributed by atoms with van der Waals surface area (Å²) in [5.41, 5.74) is 12.2. The van der Waals surface area contributed by atoms with E-state index in [1.165, 1.54) is 22.5 Å². The van der Waals surface area contributed by atoms with Gasteiger partial charge in [-0.1, -0.05) is 75.5 Å². The Kier molecular flexibility index (Phi) is 4.75. The van der Waals surface area contributed by atoms with Crippen molar-refractivity contribution < 1.29 is 4.58 Å². The van der Waals surface area contributed by atoms with Crippen LogP contribution in [0.3, 0.4) is 0 Å². The highest BCUT2D eigenvalue weighted by atomic mass is 127. The molecule has 0 radical (unpaired) electrons. The number of para-hydroxylation sites is 1. The first-order valence-electron chi connectivity index (χ1n) is 7.68. The maximum absolute atomic E-state index is 5.83. The number of hydrogen-bond acceptors (Lipinski definition) is 1. The molecule has 2 N–H and O–H groups in total. The quantitative estimate of drug-likeness (QED) is 0.249. The van der Waals surface area contributed by atoms with Crippen LogP contribution in [0, 0.1) is 0 Å². The number of anilines is 1. The Morgan fingerprint density at radius 1 is 0.957 bits per heavy atom. The lowest BCUT2D eigenvalue weighted by molar-refractivity contribution is -0.403. The number of nitrogens with zero attached hydrogens (tertiary/aromatic N) is 1. The van der Waals surface area contributed by atoms with Gasteiger partial charge in [-0.3, -0.25) is 0 Å². The molecule has 0 saturated heterocycles. The third-order valence-corrected chi connectivity index (χ3v) is 8.84. The second kappa shape index (κ2) is 6.35. The molecule has 0 saturated carbocycles. The lowest BCUT2D eigenvalue weighted by Gasteiger charge is -2.24. The van der Waals surface area contributed by atoms with Crippen molar-refractivity contribution in [2.75, 3.05) is 12.8 Å². The van der Waals surface area contributed by atoms with Crippen molar-refractivity contribution in [2.24, 2.45) is 0 Å². The van der Waals surface area contributed by atoms with Gasteiger partial charge in [0, 0.05) is 17.3 Å². The van der Waals surface area contributed by atoms with E-state index in [2.05, 4.69) is 107 Å². The van der Waals surface area contributed by atoms with Crippen LogP contribution >= 0.6 is 45.2 Å². The third kappa shape index (κ3) is 2.92. The maximum atomic E-state index is 5.83. The first kappa shape index (κ1) is 17.2. The molecule has 0 spiro atoms. The first-order chi connectivity index (χ1) is 10.8. The fourth-order valence-electron chi connectivity index (χ4n) is 3.50. The van der Waals surface area contributed by atoms with Gasteiger partial charge in [0.05, 0.1) is 9.34 Å². The Morgan fingerprint density at radius 3 is 2.17 bits per heavy atom. The number of nitrogen functional groups attached to an aromatic ring is 1. The maximum Gasteiger partial charge on any atom is 0.209 e. The highest BCUT2D eigenvalue weighted by molar-refractivity contribution is 14.1. The summed E-state index contributed by atoms with van der Waals surface area (Å²) in [5.74, 6) is 0. The zero-order valence-corrected chi connectivity index (χ0v) is 17.9. The van der Waals surface area contributed by atoms with Crippen LogP contribution in [0.2, 0.25) is 0 Å². The van der Waals surface area contributed by atoms with E-state index in [0.717, 1.165) is 5.69 Å². The van der Waals surface area contributed by atoms with Crippen LogP contribution in [-0.2, 0) is 5.41 Å². The van der Waals surface area contributed by atoms with Gasteiger partial charge in [-0.15, -0.1) is 0 Å². The number of nitrogens with two attached hydrogens (primary N) is 1. The molecular formula is C19H21I2N2+. The number of alkyl halides is 2. The number of hydrogen-bond donors (Lipinski definition) is 1. The van der Waals surface area contributed by atoms with E-state index in [1.54, 1.807) is 0 Å². The average Bonchev–Trinajstić information content (AvgIpc) is 2.74. The predicted octanol–water partition coefficient (Wildman–Crippen LogP) is 5.25. The molecule has 0 aliphatic carbocycles. The van der Waals surface area contributed by atoms with Crippen molar-refractivity contribution >= 4 is 62.3 Å². The van der Waals surface area contributed by atoms with Crippen molar-refractivity contribution in [3.63, 3.8) is 0 Å². The molecule has 2 aromatic carbocycles. The van der Waals surface area contributed by atoms with Crippen molar-refractivity contribution in [2.45, 2.75) is 27.1 Å². The molecule has 0 fully saturated rings. The lowest BCUT2D eigenvalue weighted by Crippen LogP contribution is -2.37. The van der Waals surface area contributed by atoms with Crippen molar-refractivity contribution in [1.82, 2.24) is 0 Å². The molecule has 1 aliphatic heterocycles. The van der Waals surface area contributed by atoms with Gasteiger partial charge in [-0.05, 0) is 31.5 Å². The lowest BCUT2D eigenvalue weighted by atomic mass is 9.79. The van der Waals surface area contributed by atoms with Crippen LogP contribution in [-0.4, -0.2) is 21.3 Å². The Hall–Kier alpha value is -0.630. The fraction of sp³-hybridized carbons (Fsp3) is 0.316. The van der Waals surface area contributed by atoms with Gasteiger partial charge in [0.2, 0.25) is 5.69 Å². The van der Waals surface area contributed by atoms with E-state index in [-0.39, 0.29) is 5.41 Å². The normalized spacial score (nSPS) is 18.7. The molecule has 2 unspecified atom stereocenters. The fourth-order valence-corrected chi connectivity index (χ4v) is 5.87. The second-order valence-electron chi connectivity index (χ2n) is 6.56. The smallest absolute Gasteiger partial charge is 0.209 e. The Labute approximate surface area is 165 Å². The summed E-state index contributed by atoms with van der Waals surface area (Å²) < 4.78 is 3.19. The van der Waals surface area contributed by atoms with E-state index >= 15 is 0 Å². The molecule has 2 nitrogen and oxygen atoms in total. The summed E-state index contributed by atoms with van der Waals surface area (Å²) in [6.45, 7) is 4.67. The number of halogens is 2. The summed E-state index contributed by atoms with van der Waals surface area (Å²) in [7, 11) is 2.20. The predicted molar refractivity (Wildman–Crippen MR) is 116 cm³/mol. The van der Waals surface area contributed by atoms with Gasteiger partial charge in [-0.2, -0.15) is 0 Å². The Bertz CT molecular complexity index is 763. The number of fused-ring (bicyclic) bond motifs is 1. The van der Waals surface area contributed by atoms with Crippen LogP contribution < -0.4 is 5.73 Å². The van der Waals surface area contributed by atoms with Gasteiger partial charge < -0.3 is 5.73 Å². The van der Waals surface area contributed by atoms with Crippen LogP contribution in [0.25, 0.3) is 0 Å². The summed E-state index contributed by atoms with van der Waals surface area (Å²) in [4.78, 5) is 0. The largest absolute Gasteiger partial charge is 0.399 e. The summed E-state index contributed by atoms with van der Waals surface area (Å²) >= 11 is 5.17. The molecule has 1 aliphatic rings. The van der Waals surface area contributed by atoms with Gasteiger partial charge in [0.1, 0.15) is 11.0 Å². The standard InChI is InChI=1S/C19H21I2N2/c1-19(2)14-6-4-5-7-15(14)23(3)18(19)17(21)16(20)12-8-10-13(22)11-9-12/h4-11,16-17H,22H2,1-3H3/q+1. The van der Waals surface area contributed by atoms with Crippen LogP contribution in [0.4, 0.5) is 11.4 Å². The van der Waals surface area contributed by atoms with Crippen LogP contribution in [0.15, 0.2) is 48.5 Å². The number of benzene rings is 2. The number of rotatable bonds is 3. The van der Waals surface area contributed by atoms with Gasteiger partial charge in [0.25, 0.3) is 0 Å². The topological polar surface area (TPSA) is 29.0 Å². The molecule has 2 atom stereocenters. The summed E-state index contributed by atoms with van der Waals surface area (Å²) in [6.07, 6.45) is 0. The van der Waals surface area contributed by atoms with Gasteiger partial charge in [-0.25, -0.2) is 4.58 Å². The molecule has 23 heavy (non-hydrogen) atoms. The molecule has 0 bridgehead atoms. The highest BCUT2D eigenvalue weighted by Gasteiger charge is 2.48. The molecule has 2 aromatic rings. The van der Waals surface area contributed by atoms with Crippen LogP contribution in [0.1, 0.15) is 28.9 Å². The van der Waals surface area contributed by atoms with Crippen molar-refractivity contribution in [3.8, 4) is 0 Å². The summed E-state index contributed by atoms with van der Waals surface area (Å²) in [5, 5.41) is 0. The van der Waals surface area contributed by atoms with Crippen molar-refractivity contribution in [3.05, 3.63) is 59.7 Å². The highest BCUT2D eigenvalue weighted by Crippen LogP contribution is 2.45. The second-order valence-corrected chi connectivity index (χ2v) is 9.24. The van der Waals surface area contributed by atoms with E-state index in [0.29, 0.717) is 7.85 Å². The zero-order chi connectivity index (χ0) is 16.8. The van der Waals surface area contributed by atoms with E-state index in [1.807, 2.05) is 12.1 Å². The molecule has 3 rings (SSSR count). The molecule has 4 heteroatoms. The van der Waals surface area contributed by atoms with E-state index in [9.17, 15) is 0 Å². The minimum absolute atomic E-state index is 0.0500. The molecule has 1 heterocycles. The summed E-state index contributed by atoms with van der Waals surface area (Å²) in [6, 6.07) is 17.0. The SMILES string of the molecule is C[N+]1=C(C(I)C(I)c2ccc(N)cc2)C(C)(C)c2ccccc21. The minimum Gasteiger partial charge on any atom is -0.399 e. The Balaban J connectivity index is 2.01. The average molecular weight is 531 g/mol. The van der Waals surface area contributed by atoms with Crippen molar-refractivity contribution in [1.29, 1.82) is 0 Å². The third-order valence-electron chi connectivity index (χ3n) is 4.71. The molecular weight excluding hydrogens is 510 g/mol. The van der Waals surface area contributed by atoms with Gasteiger partial charge >= 0.3 is 0 Å². The zero-order valence-electron chi connectivity index (χ0n) is 13.6. The minimum atomic E-state index is 0.0500. The molecule has 0 aromatic heterocycles. The first-order valence-corrected chi connectivity index (χ1v) is 10.2.